The Labute approximate surface area is 118 Å². The molecular weight excluding hydrogens is 283 g/mol. The fourth-order valence-corrected chi connectivity index (χ4v) is 3.11. The van der Waals surface area contributed by atoms with E-state index >= 15 is 0 Å². The van der Waals surface area contributed by atoms with E-state index in [9.17, 15) is 9.36 Å². The van der Waals surface area contributed by atoms with Gasteiger partial charge in [0.15, 0.2) is 0 Å². The van der Waals surface area contributed by atoms with Crippen LogP contribution in [0.4, 0.5) is 0 Å². The van der Waals surface area contributed by atoms with Gasteiger partial charge in [-0.1, -0.05) is 0 Å². The second-order valence-corrected chi connectivity index (χ2v) is 5.63. The second kappa shape index (κ2) is 8.04. The van der Waals surface area contributed by atoms with Crippen LogP contribution in [-0.4, -0.2) is 25.8 Å². The Balaban J connectivity index is 3.20. The van der Waals surface area contributed by atoms with Crippen molar-refractivity contribution in [1.82, 2.24) is 0 Å². The first kappa shape index (κ1) is 16.7. The average Bonchev–Trinajstić information content (AvgIpc) is 2.89. The first-order valence-electron chi connectivity index (χ1n) is 6.38. The molecule has 0 aromatic carbocycles. The minimum absolute atomic E-state index is 0.135. The molecule has 1 aromatic heterocycles. The van der Waals surface area contributed by atoms with Gasteiger partial charge in [0.1, 0.15) is 5.31 Å². The molecule has 1 heterocycles. The lowest BCUT2D eigenvalue weighted by Gasteiger charge is -2.18. The molecule has 0 spiro atoms. The molecule has 0 fully saturated rings. The van der Waals surface area contributed by atoms with Crippen LogP contribution in [-0.2, 0) is 23.1 Å². The van der Waals surface area contributed by atoms with Crippen LogP contribution in [0, 0.1) is 0 Å². The lowest BCUT2D eigenvalue weighted by molar-refractivity contribution is -0.137. The maximum absolute atomic E-state index is 12.7. The molecule has 0 saturated heterocycles. The Morgan fingerprint density at radius 3 is 2.35 bits per heavy atom. The zero-order chi connectivity index (χ0) is 15.0. The summed E-state index contributed by atoms with van der Waals surface area (Å²) in [5, 5.41) is -0.135. The number of ether oxygens (including phenoxy) is 1. The molecule has 6 nitrogen and oxygen atoms in total. The first-order valence-corrected chi connectivity index (χ1v) is 7.92. The fraction of sp³-hybridized carbons (Fsp3) is 0.462. The Morgan fingerprint density at radius 2 is 1.90 bits per heavy atom. The summed E-state index contributed by atoms with van der Waals surface area (Å²) < 4.78 is 32.9. The third-order valence-electron chi connectivity index (χ3n) is 2.22. The van der Waals surface area contributed by atoms with Crippen molar-refractivity contribution in [2.45, 2.75) is 20.8 Å². The molecule has 0 radical (unpaired) electrons. The van der Waals surface area contributed by atoms with Crippen LogP contribution in [0.3, 0.4) is 0 Å². The van der Waals surface area contributed by atoms with E-state index < -0.39 is 13.6 Å². The second-order valence-electron chi connectivity index (χ2n) is 3.64. The Morgan fingerprint density at radius 1 is 1.25 bits per heavy atom. The molecule has 0 N–H and O–H groups in total. The number of hydrogen-bond donors (Lipinski definition) is 0. The Kier molecular flexibility index (Phi) is 6.71. The summed E-state index contributed by atoms with van der Waals surface area (Å²) in [6.07, 6.45) is 4.26. The highest BCUT2D eigenvalue weighted by Gasteiger charge is 2.36. The van der Waals surface area contributed by atoms with E-state index in [0.29, 0.717) is 5.56 Å². The molecule has 0 saturated carbocycles. The van der Waals surface area contributed by atoms with Crippen molar-refractivity contribution < 1.29 is 27.6 Å². The van der Waals surface area contributed by atoms with Crippen LogP contribution < -0.4 is 0 Å². The normalized spacial score (nSPS) is 12.4. The molecule has 112 valence electrons. The Bertz CT molecular complexity index is 481. The molecule has 0 atom stereocenters. The van der Waals surface area contributed by atoms with Gasteiger partial charge in [0.05, 0.1) is 32.3 Å². The average molecular weight is 302 g/mol. The summed E-state index contributed by atoms with van der Waals surface area (Å²) in [6, 6.07) is 1.63. The van der Waals surface area contributed by atoms with Gasteiger partial charge in [-0.05, 0) is 32.9 Å². The number of hydrogen-bond acceptors (Lipinski definition) is 6. The van der Waals surface area contributed by atoms with Crippen LogP contribution in [0.1, 0.15) is 26.3 Å². The molecule has 7 heteroatoms. The van der Waals surface area contributed by atoms with Gasteiger partial charge in [-0.3, -0.25) is 4.57 Å². The summed E-state index contributed by atoms with van der Waals surface area (Å²) in [7, 11) is -3.71. The third-order valence-corrected chi connectivity index (χ3v) is 4.32. The van der Waals surface area contributed by atoms with Gasteiger partial charge in [-0.2, -0.15) is 0 Å². The van der Waals surface area contributed by atoms with Crippen molar-refractivity contribution in [3.8, 4) is 0 Å². The summed E-state index contributed by atoms with van der Waals surface area (Å²) in [6.45, 7) is 5.48. The van der Waals surface area contributed by atoms with E-state index in [4.69, 9.17) is 18.2 Å². The van der Waals surface area contributed by atoms with Gasteiger partial charge >= 0.3 is 13.6 Å². The zero-order valence-electron chi connectivity index (χ0n) is 11.8. The van der Waals surface area contributed by atoms with E-state index in [1.54, 1.807) is 26.8 Å². The van der Waals surface area contributed by atoms with E-state index in [-0.39, 0.29) is 25.1 Å². The topological polar surface area (TPSA) is 75.0 Å². The molecular formula is C13H19O6P. The van der Waals surface area contributed by atoms with Crippen molar-refractivity contribution in [3.05, 3.63) is 29.5 Å². The minimum Gasteiger partial charge on any atom is -0.472 e. The smallest absolute Gasteiger partial charge is 0.368 e. The van der Waals surface area contributed by atoms with Crippen LogP contribution in [0.15, 0.2) is 28.3 Å². The molecule has 20 heavy (non-hydrogen) atoms. The van der Waals surface area contributed by atoms with Crippen molar-refractivity contribution in [3.63, 3.8) is 0 Å². The molecule has 1 aromatic rings. The van der Waals surface area contributed by atoms with Crippen molar-refractivity contribution >= 4 is 19.6 Å². The van der Waals surface area contributed by atoms with E-state index in [0.717, 1.165) is 0 Å². The number of esters is 1. The van der Waals surface area contributed by atoms with Gasteiger partial charge in [-0.15, -0.1) is 0 Å². The molecule has 0 bridgehead atoms. The summed E-state index contributed by atoms with van der Waals surface area (Å²) in [5.41, 5.74) is 0.577. The molecule has 0 amide bonds. The monoisotopic (exact) mass is 302 g/mol. The standard InChI is InChI=1S/C13H19O6P/c1-4-17-13(14)12(9-11-7-8-16-10-11)20(15,18-5-2)19-6-3/h7-10H,4-6H2,1-3H3/b12-9+. The number of carbonyl (C=O) groups is 1. The molecule has 0 unspecified atom stereocenters. The largest absolute Gasteiger partial charge is 0.472 e. The maximum Gasteiger partial charge on any atom is 0.368 e. The highest BCUT2D eigenvalue weighted by atomic mass is 31.2. The van der Waals surface area contributed by atoms with Gasteiger partial charge < -0.3 is 18.2 Å². The zero-order valence-corrected chi connectivity index (χ0v) is 12.7. The van der Waals surface area contributed by atoms with E-state index in [1.165, 1.54) is 18.6 Å². The number of carbonyl (C=O) groups excluding carboxylic acids is 1. The third kappa shape index (κ3) is 4.34. The molecule has 0 aliphatic rings. The van der Waals surface area contributed by atoms with E-state index in [2.05, 4.69) is 0 Å². The summed E-state index contributed by atoms with van der Waals surface area (Å²) >= 11 is 0. The van der Waals surface area contributed by atoms with Gasteiger partial charge in [0, 0.05) is 5.56 Å². The lowest BCUT2D eigenvalue weighted by atomic mass is 10.3. The van der Waals surface area contributed by atoms with Crippen molar-refractivity contribution in [2.24, 2.45) is 0 Å². The van der Waals surface area contributed by atoms with Crippen molar-refractivity contribution in [2.75, 3.05) is 19.8 Å². The lowest BCUT2D eigenvalue weighted by Crippen LogP contribution is -2.11. The minimum atomic E-state index is -3.71. The van der Waals surface area contributed by atoms with Crippen LogP contribution in [0.25, 0.3) is 6.08 Å². The first-order chi connectivity index (χ1) is 9.57. The SMILES string of the molecule is CCOC(=O)/C(=C\c1ccoc1)P(=O)(OCC)OCC. The van der Waals surface area contributed by atoms with Gasteiger partial charge in [0.2, 0.25) is 0 Å². The van der Waals surface area contributed by atoms with Crippen LogP contribution >= 0.6 is 7.60 Å². The number of furan rings is 1. The summed E-state index contributed by atoms with van der Waals surface area (Å²) in [5.74, 6) is -0.723. The van der Waals surface area contributed by atoms with Gasteiger partial charge in [0.25, 0.3) is 0 Å². The summed E-state index contributed by atoms with van der Waals surface area (Å²) in [4.78, 5) is 12.0. The van der Waals surface area contributed by atoms with Crippen molar-refractivity contribution in [1.29, 1.82) is 0 Å². The van der Waals surface area contributed by atoms with E-state index in [1.807, 2.05) is 0 Å². The van der Waals surface area contributed by atoms with Crippen LogP contribution in [0.2, 0.25) is 0 Å². The molecule has 0 aliphatic heterocycles. The maximum atomic E-state index is 12.7. The predicted molar refractivity (Wildman–Crippen MR) is 74.2 cm³/mol. The highest BCUT2D eigenvalue weighted by molar-refractivity contribution is 7.60. The highest BCUT2D eigenvalue weighted by Crippen LogP contribution is 2.57. The fourth-order valence-electron chi connectivity index (χ4n) is 1.49. The molecule has 1 rings (SSSR count). The Hall–Kier alpha value is -1.36. The molecule has 0 aliphatic carbocycles. The predicted octanol–water partition coefficient (Wildman–Crippen LogP) is 3.45. The van der Waals surface area contributed by atoms with Gasteiger partial charge in [-0.25, -0.2) is 4.79 Å². The number of rotatable bonds is 8. The van der Waals surface area contributed by atoms with Crippen LogP contribution in [0.5, 0.6) is 0 Å². The quantitative estimate of drug-likeness (QED) is 0.416.